The van der Waals surface area contributed by atoms with Crippen molar-refractivity contribution in [1.29, 1.82) is 5.41 Å². The number of carbonyl (C=O) groups excluding carboxylic acids is 1. The molecule has 0 aliphatic carbocycles. The largest absolute Gasteiger partial charge is 0.490 e. The van der Waals surface area contributed by atoms with Crippen molar-refractivity contribution in [3.05, 3.63) is 57.9 Å². The Bertz CT molecular complexity index is 1160. The van der Waals surface area contributed by atoms with Gasteiger partial charge in [0.1, 0.15) is 5.84 Å². The van der Waals surface area contributed by atoms with E-state index in [2.05, 4.69) is 0 Å². The van der Waals surface area contributed by atoms with Crippen LogP contribution >= 0.6 is 0 Å². The van der Waals surface area contributed by atoms with Crippen LogP contribution in [0.1, 0.15) is 81.1 Å². The van der Waals surface area contributed by atoms with Crippen LogP contribution in [0.2, 0.25) is 0 Å². The SMILES string of the molecule is CCOc1cc2c(c(F)c1OCC)C(=N)N(CC(=O)c1cc(C(C)(C)C)cc(C(F)(F)F)c1)C2(C)C. The molecule has 0 saturated heterocycles. The lowest BCUT2D eigenvalue weighted by atomic mass is 9.84. The highest BCUT2D eigenvalue weighted by Gasteiger charge is 2.45. The molecular weight excluding hydrogens is 476 g/mol. The van der Waals surface area contributed by atoms with E-state index in [1.54, 1.807) is 54.5 Å². The Morgan fingerprint density at radius 1 is 1.00 bits per heavy atom. The molecule has 2 aromatic carbocycles. The number of ether oxygens (including phenoxy) is 2. The number of carbonyl (C=O) groups is 1. The van der Waals surface area contributed by atoms with E-state index in [0.29, 0.717) is 11.1 Å². The van der Waals surface area contributed by atoms with Crippen LogP contribution in [0.3, 0.4) is 0 Å². The summed E-state index contributed by atoms with van der Waals surface area (Å²) in [5.74, 6) is -1.53. The molecule has 1 heterocycles. The van der Waals surface area contributed by atoms with E-state index in [1.807, 2.05) is 0 Å². The third kappa shape index (κ3) is 4.92. The van der Waals surface area contributed by atoms with Gasteiger partial charge in [-0.25, -0.2) is 4.39 Å². The van der Waals surface area contributed by atoms with Crippen LogP contribution in [-0.4, -0.2) is 36.3 Å². The number of hydrogen-bond acceptors (Lipinski definition) is 4. The molecule has 0 saturated carbocycles. The highest BCUT2D eigenvalue weighted by atomic mass is 19.4. The Morgan fingerprint density at radius 3 is 2.11 bits per heavy atom. The third-order valence-corrected chi connectivity index (χ3v) is 6.37. The van der Waals surface area contributed by atoms with Gasteiger partial charge in [-0.1, -0.05) is 20.8 Å². The molecule has 1 aliphatic rings. The zero-order valence-corrected chi connectivity index (χ0v) is 21.6. The number of nitrogens with one attached hydrogen (secondary N) is 1. The number of benzene rings is 2. The maximum atomic E-state index is 15.6. The monoisotopic (exact) mass is 508 g/mol. The van der Waals surface area contributed by atoms with Crippen molar-refractivity contribution in [3.63, 3.8) is 0 Å². The highest BCUT2D eigenvalue weighted by molar-refractivity contribution is 6.07. The van der Waals surface area contributed by atoms with Gasteiger partial charge in [0.25, 0.3) is 0 Å². The maximum absolute atomic E-state index is 15.6. The number of fused-ring (bicyclic) bond motifs is 1. The fraction of sp³-hybridized carbons (Fsp3) is 0.481. The number of ketones is 1. The van der Waals surface area contributed by atoms with Gasteiger partial charge >= 0.3 is 6.18 Å². The Balaban J connectivity index is 2.06. The molecule has 0 aromatic heterocycles. The van der Waals surface area contributed by atoms with Crippen molar-refractivity contribution in [2.24, 2.45) is 0 Å². The van der Waals surface area contributed by atoms with E-state index < -0.39 is 40.8 Å². The quantitative estimate of drug-likeness (QED) is 0.334. The molecule has 9 heteroatoms. The predicted molar refractivity (Wildman–Crippen MR) is 130 cm³/mol. The van der Waals surface area contributed by atoms with Gasteiger partial charge in [0, 0.05) is 5.56 Å². The van der Waals surface area contributed by atoms with Crippen molar-refractivity contribution in [2.45, 2.75) is 65.6 Å². The summed E-state index contributed by atoms with van der Waals surface area (Å²) >= 11 is 0. The summed E-state index contributed by atoms with van der Waals surface area (Å²) in [7, 11) is 0. The maximum Gasteiger partial charge on any atom is 0.416 e. The van der Waals surface area contributed by atoms with Crippen LogP contribution < -0.4 is 9.47 Å². The molecule has 1 N–H and O–H groups in total. The van der Waals surface area contributed by atoms with Crippen molar-refractivity contribution < 1.29 is 31.8 Å². The molecule has 0 bridgehead atoms. The van der Waals surface area contributed by atoms with Gasteiger partial charge in [-0.05, 0) is 68.5 Å². The van der Waals surface area contributed by atoms with E-state index in [-0.39, 0.29) is 41.7 Å². The molecular formula is C27H32F4N2O3. The molecule has 3 rings (SSSR count). The zero-order chi connectivity index (χ0) is 27.2. The first-order chi connectivity index (χ1) is 16.5. The lowest BCUT2D eigenvalue weighted by Gasteiger charge is -2.33. The van der Waals surface area contributed by atoms with E-state index in [9.17, 15) is 18.0 Å². The molecule has 0 amide bonds. The Morgan fingerprint density at radius 2 is 1.58 bits per heavy atom. The van der Waals surface area contributed by atoms with Gasteiger partial charge < -0.3 is 14.4 Å². The summed E-state index contributed by atoms with van der Waals surface area (Å²) in [6.45, 7) is 12.2. The minimum absolute atomic E-state index is 0.0147. The first kappa shape index (κ1) is 27.5. The number of halogens is 4. The molecule has 196 valence electrons. The van der Waals surface area contributed by atoms with Gasteiger partial charge in [0.05, 0.1) is 36.4 Å². The second-order valence-electron chi connectivity index (χ2n) is 10.3. The number of amidine groups is 1. The van der Waals surface area contributed by atoms with Crippen molar-refractivity contribution in [3.8, 4) is 11.5 Å². The van der Waals surface area contributed by atoms with Gasteiger partial charge in [-0.3, -0.25) is 10.2 Å². The fourth-order valence-corrected chi connectivity index (χ4v) is 4.32. The van der Waals surface area contributed by atoms with Crippen molar-refractivity contribution in [2.75, 3.05) is 19.8 Å². The summed E-state index contributed by atoms with van der Waals surface area (Å²) < 4.78 is 67.4. The topological polar surface area (TPSA) is 62.6 Å². The third-order valence-electron chi connectivity index (χ3n) is 6.37. The summed E-state index contributed by atoms with van der Waals surface area (Å²) in [5.41, 5.74) is -1.86. The van der Waals surface area contributed by atoms with E-state index in [4.69, 9.17) is 14.9 Å². The van der Waals surface area contributed by atoms with E-state index >= 15 is 4.39 Å². The smallest absolute Gasteiger partial charge is 0.416 e. The number of rotatable bonds is 7. The summed E-state index contributed by atoms with van der Waals surface area (Å²) in [4.78, 5) is 14.7. The van der Waals surface area contributed by atoms with Crippen molar-refractivity contribution >= 4 is 11.6 Å². The molecule has 1 aliphatic heterocycles. The summed E-state index contributed by atoms with van der Waals surface area (Å²) in [6.07, 6.45) is -4.62. The van der Waals surface area contributed by atoms with Crippen LogP contribution in [-0.2, 0) is 17.1 Å². The van der Waals surface area contributed by atoms with Crippen LogP contribution in [0.5, 0.6) is 11.5 Å². The average molecular weight is 509 g/mol. The van der Waals surface area contributed by atoms with E-state index in [0.717, 1.165) is 12.1 Å². The number of hydrogen-bond donors (Lipinski definition) is 1. The molecule has 36 heavy (non-hydrogen) atoms. The molecule has 5 nitrogen and oxygen atoms in total. The molecule has 0 radical (unpaired) electrons. The lowest BCUT2D eigenvalue weighted by Crippen LogP contribution is -2.42. The Hall–Kier alpha value is -3.10. The summed E-state index contributed by atoms with van der Waals surface area (Å²) in [6, 6.07) is 4.94. The minimum Gasteiger partial charge on any atom is -0.490 e. The molecule has 2 aromatic rings. The molecule has 0 fully saturated rings. The molecule has 0 unspecified atom stereocenters. The number of alkyl halides is 3. The Labute approximate surface area is 208 Å². The first-order valence-corrected chi connectivity index (χ1v) is 11.8. The normalized spacial score (nSPS) is 15.2. The van der Waals surface area contributed by atoms with Crippen LogP contribution in [0, 0.1) is 11.2 Å². The van der Waals surface area contributed by atoms with Gasteiger partial charge in [0.15, 0.2) is 23.1 Å². The summed E-state index contributed by atoms with van der Waals surface area (Å²) in [5, 5.41) is 8.68. The van der Waals surface area contributed by atoms with Gasteiger partial charge in [-0.15, -0.1) is 0 Å². The molecule has 0 atom stereocenters. The van der Waals surface area contributed by atoms with Crippen LogP contribution in [0.25, 0.3) is 0 Å². The second-order valence-corrected chi connectivity index (χ2v) is 10.3. The van der Waals surface area contributed by atoms with Crippen LogP contribution in [0.4, 0.5) is 17.6 Å². The Kier molecular flexibility index (Phi) is 7.18. The standard InChI is InChI=1S/C27H32F4N2O3/c1-8-35-20-13-18-21(22(28)23(20)36-9-2)24(32)33(26(18,6)7)14-19(34)15-10-16(25(3,4)5)12-17(11-15)27(29,30)31/h10-13,32H,8-9,14H2,1-7H3. The minimum atomic E-state index is -4.62. The second kappa shape index (κ2) is 9.41. The van der Waals surface area contributed by atoms with Crippen LogP contribution in [0.15, 0.2) is 24.3 Å². The lowest BCUT2D eigenvalue weighted by molar-refractivity contribution is -0.137. The predicted octanol–water partition coefficient (Wildman–Crippen LogP) is 6.70. The number of Topliss-reactive ketones (excluding diaryl/α,β-unsaturated/α-hetero) is 1. The van der Waals surface area contributed by atoms with E-state index in [1.165, 1.54) is 11.0 Å². The highest BCUT2D eigenvalue weighted by Crippen LogP contribution is 2.46. The number of nitrogens with zero attached hydrogens (tertiary/aromatic N) is 1. The molecule has 0 spiro atoms. The van der Waals surface area contributed by atoms with Gasteiger partial charge in [0.2, 0.25) is 0 Å². The first-order valence-electron chi connectivity index (χ1n) is 11.8. The van der Waals surface area contributed by atoms with Crippen molar-refractivity contribution in [1.82, 2.24) is 4.90 Å². The van der Waals surface area contributed by atoms with Gasteiger partial charge in [-0.2, -0.15) is 13.2 Å². The average Bonchev–Trinajstić information content (AvgIpc) is 2.95. The zero-order valence-electron chi connectivity index (χ0n) is 21.6. The fourth-order valence-electron chi connectivity index (χ4n) is 4.32.